The van der Waals surface area contributed by atoms with Crippen molar-refractivity contribution in [2.24, 2.45) is 23.2 Å². The standard InChI is InChI=1S/C14H20O4/c1-13(2)17-11-10(16)9-7-3-4-8(5-7)14(9,6-15)12(11)18-13/h3-4,7-12,15-16H,5-6H2,1-2H3/t7?,8?,9?,10?,11-,12-,14-/m0/s1. The Balaban J connectivity index is 1.81. The van der Waals surface area contributed by atoms with Gasteiger partial charge < -0.3 is 19.7 Å². The van der Waals surface area contributed by atoms with Crippen molar-refractivity contribution >= 4 is 0 Å². The van der Waals surface area contributed by atoms with Crippen molar-refractivity contribution in [2.45, 2.75) is 44.4 Å². The van der Waals surface area contributed by atoms with Gasteiger partial charge in [-0.05, 0) is 32.1 Å². The van der Waals surface area contributed by atoms with Crippen LogP contribution in [0.3, 0.4) is 0 Å². The first-order valence-corrected chi connectivity index (χ1v) is 6.82. The highest BCUT2D eigenvalue weighted by atomic mass is 16.8. The lowest BCUT2D eigenvalue weighted by Crippen LogP contribution is -2.46. The van der Waals surface area contributed by atoms with Crippen molar-refractivity contribution in [3.8, 4) is 0 Å². The van der Waals surface area contributed by atoms with Crippen LogP contribution < -0.4 is 0 Å². The number of hydrogen-bond donors (Lipinski definition) is 2. The van der Waals surface area contributed by atoms with Crippen LogP contribution >= 0.6 is 0 Å². The van der Waals surface area contributed by atoms with Gasteiger partial charge in [0.1, 0.15) is 6.10 Å². The average molecular weight is 252 g/mol. The second-order valence-corrected chi connectivity index (χ2v) is 6.70. The third kappa shape index (κ3) is 1.07. The van der Waals surface area contributed by atoms with Gasteiger partial charge in [-0.15, -0.1) is 0 Å². The molecule has 4 rings (SSSR count). The third-order valence-corrected chi connectivity index (χ3v) is 5.53. The zero-order valence-electron chi connectivity index (χ0n) is 10.7. The van der Waals surface area contributed by atoms with E-state index < -0.39 is 11.9 Å². The molecule has 3 fully saturated rings. The van der Waals surface area contributed by atoms with Crippen molar-refractivity contribution in [3.63, 3.8) is 0 Å². The number of rotatable bonds is 1. The minimum atomic E-state index is -0.658. The molecule has 0 spiro atoms. The predicted molar refractivity (Wildman–Crippen MR) is 63.6 cm³/mol. The van der Waals surface area contributed by atoms with Crippen LogP contribution in [0.15, 0.2) is 12.2 Å². The largest absolute Gasteiger partial charge is 0.396 e. The molecular formula is C14H20O4. The summed E-state index contributed by atoms with van der Waals surface area (Å²) >= 11 is 0. The van der Waals surface area contributed by atoms with Crippen LogP contribution in [0, 0.1) is 23.2 Å². The molecule has 4 unspecified atom stereocenters. The van der Waals surface area contributed by atoms with Gasteiger partial charge in [-0.3, -0.25) is 0 Å². The van der Waals surface area contributed by atoms with Crippen molar-refractivity contribution in [1.82, 2.24) is 0 Å². The summed E-state index contributed by atoms with van der Waals surface area (Å²) in [5.74, 6) is 0.121. The molecule has 1 saturated heterocycles. The molecule has 7 atom stereocenters. The number of allylic oxidation sites excluding steroid dienone is 2. The van der Waals surface area contributed by atoms with E-state index in [2.05, 4.69) is 12.2 Å². The van der Waals surface area contributed by atoms with E-state index >= 15 is 0 Å². The zero-order chi connectivity index (χ0) is 12.7. The molecule has 2 N–H and O–H groups in total. The maximum Gasteiger partial charge on any atom is 0.163 e. The fourth-order valence-corrected chi connectivity index (χ4v) is 4.98. The van der Waals surface area contributed by atoms with Gasteiger partial charge in [-0.2, -0.15) is 0 Å². The van der Waals surface area contributed by atoms with Crippen LogP contribution in [0.25, 0.3) is 0 Å². The van der Waals surface area contributed by atoms with Crippen LogP contribution in [-0.4, -0.2) is 40.9 Å². The summed E-state index contributed by atoms with van der Waals surface area (Å²) in [6, 6.07) is 0. The average Bonchev–Trinajstić information content (AvgIpc) is 3.00. The van der Waals surface area contributed by atoms with Gasteiger partial charge >= 0.3 is 0 Å². The lowest BCUT2D eigenvalue weighted by Gasteiger charge is -2.40. The highest BCUT2D eigenvalue weighted by Crippen LogP contribution is 2.66. The van der Waals surface area contributed by atoms with Crippen molar-refractivity contribution < 1.29 is 19.7 Å². The summed E-state index contributed by atoms with van der Waals surface area (Å²) in [7, 11) is 0. The Kier molecular flexibility index (Phi) is 2.02. The molecule has 4 nitrogen and oxygen atoms in total. The number of aliphatic hydroxyl groups excluding tert-OH is 2. The number of hydrogen-bond acceptors (Lipinski definition) is 4. The van der Waals surface area contributed by atoms with Crippen LogP contribution in [0.2, 0.25) is 0 Å². The maximum absolute atomic E-state index is 10.6. The second-order valence-electron chi connectivity index (χ2n) is 6.70. The molecular weight excluding hydrogens is 232 g/mol. The number of aliphatic hydroxyl groups is 2. The molecule has 3 aliphatic carbocycles. The highest BCUT2D eigenvalue weighted by Gasteiger charge is 2.73. The SMILES string of the molecule is CC1(C)O[C@H]2C(O)C3C4C=CC(C4)[C@]3(CO)[C@H]2O1. The van der Waals surface area contributed by atoms with Crippen molar-refractivity contribution in [1.29, 1.82) is 0 Å². The van der Waals surface area contributed by atoms with E-state index in [9.17, 15) is 10.2 Å². The van der Waals surface area contributed by atoms with Crippen LogP contribution in [0.1, 0.15) is 20.3 Å². The molecule has 100 valence electrons. The second kappa shape index (κ2) is 3.18. The highest BCUT2D eigenvalue weighted by molar-refractivity contribution is 5.28. The van der Waals surface area contributed by atoms with E-state index in [4.69, 9.17) is 9.47 Å². The van der Waals surface area contributed by atoms with Crippen LogP contribution in [0.5, 0.6) is 0 Å². The summed E-state index contributed by atoms with van der Waals surface area (Å²) < 4.78 is 11.9. The van der Waals surface area contributed by atoms with Crippen LogP contribution in [-0.2, 0) is 9.47 Å². The molecule has 1 heterocycles. The van der Waals surface area contributed by atoms with Crippen LogP contribution in [0.4, 0.5) is 0 Å². The summed E-state index contributed by atoms with van der Waals surface area (Å²) in [5.41, 5.74) is -0.336. The Morgan fingerprint density at radius 2 is 2.06 bits per heavy atom. The van der Waals surface area contributed by atoms with Gasteiger partial charge in [-0.1, -0.05) is 12.2 Å². The summed E-state index contributed by atoms with van der Waals surface area (Å²) in [6.45, 7) is 3.82. The van der Waals surface area contributed by atoms with E-state index in [0.29, 0.717) is 11.8 Å². The quantitative estimate of drug-likeness (QED) is 0.674. The Bertz CT molecular complexity index is 418. The fraction of sp³-hybridized carbons (Fsp3) is 0.857. The molecule has 2 bridgehead atoms. The zero-order valence-corrected chi connectivity index (χ0v) is 10.7. The molecule has 0 aromatic heterocycles. The van der Waals surface area contributed by atoms with Gasteiger partial charge in [-0.25, -0.2) is 0 Å². The molecule has 4 heteroatoms. The minimum Gasteiger partial charge on any atom is -0.396 e. The Hall–Kier alpha value is -0.420. The van der Waals surface area contributed by atoms with Gasteiger partial charge in [0.25, 0.3) is 0 Å². The molecule has 4 aliphatic rings. The summed E-state index contributed by atoms with van der Waals surface area (Å²) in [5, 5.41) is 20.6. The fourth-order valence-electron chi connectivity index (χ4n) is 4.98. The first-order valence-electron chi connectivity index (χ1n) is 6.82. The van der Waals surface area contributed by atoms with Gasteiger partial charge in [0.2, 0.25) is 0 Å². The predicted octanol–water partition coefficient (Wildman–Crippen LogP) is 0.682. The summed E-state index contributed by atoms with van der Waals surface area (Å²) in [6.07, 6.45) is 4.43. The minimum absolute atomic E-state index is 0.0703. The number of fused-ring (bicyclic) bond motifs is 7. The summed E-state index contributed by atoms with van der Waals surface area (Å²) in [4.78, 5) is 0. The molecule has 0 radical (unpaired) electrons. The first-order chi connectivity index (χ1) is 8.49. The monoisotopic (exact) mass is 252 g/mol. The van der Waals surface area contributed by atoms with Gasteiger partial charge in [0.05, 0.1) is 18.8 Å². The smallest absolute Gasteiger partial charge is 0.163 e. The van der Waals surface area contributed by atoms with E-state index in [1.165, 1.54) is 0 Å². The van der Waals surface area contributed by atoms with E-state index in [0.717, 1.165) is 6.42 Å². The van der Waals surface area contributed by atoms with Crippen molar-refractivity contribution in [2.75, 3.05) is 6.61 Å². The lowest BCUT2D eigenvalue weighted by atomic mass is 9.69. The normalized spacial score (nSPS) is 59.1. The van der Waals surface area contributed by atoms with Gasteiger partial charge in [0.15, 0.2) is 5.79 Å². The van der Waals surface area contributed by atoms with E-state index in [1.807, 2.05) is 13.8 Å². The molecule has 2 saturated carbocycles. The molecule has 0 amide bonds. The maximum atomic E-state index is 10.6. The topological polar surface area (TPSA) is 58.9 Å². The Morgan fingerprint density at radius 1 is 1.28 bits per heavy atom. The van der Waals surface area contributed by atoms with E-state index in [-0.39, 0.29) is 30.1 Å². The van der Waals surface area contributed by atoms with Gasteiger partial charge in [0, 0.05) is 11.3 Å². The molecule has 1 aliphatic heterocycles. The molecule has 0 aromatic rings. The molecule has 18 heavy (non-hydrogen) atoms. The Morgan fingerprint density at radius 3 is 2.78 bits per heavy atom. The van der Waals surface area contributed by atoms with Crippen molar-refractivity contribution in [3.05, 3.63) is 12.2 Å². The van der Waals surface area contributed by atoms with E-state index in [1.54, 1.807) is 0 Å². The third-order valence-electron chi connectivity index (χ3n) is 5.53. The number of ether oxygens (including phenoxy) is 2. The molecule has 0 aromatic carbocycles. The Labute approximate surface area is 107 Å². The lowest BCUT2D eigenvalue weighted by molar-refractivity contribution is -0.191. The first kappa shape index (κ1) is 11.4.